The molecule has 6 nitrogen and oxygen atoms in total. The Morgan fingerprint density at radius 2 is 1.68 bits per heavy atom. The summed E-state index contributed by atoms with van der Waals surface area (Å²) in [6.45, 7) is 1.96. The number of carbonyl (C=O) groups is 2. The van der Waals surface area contributed by atoms with E-state index in [1.54, 1.807) is 42.5 Å². The van der Waals surface area contributed by atoms with E-state index in [-0.39, 0.29) is 16.3 Å². The molecule has 40 heavy (non-hydrogen) atoms. The van der Waals surface area contributed by atoms with Crippen molar-refractivity contribution in [1.29, 1.82) is 0 Å². The van der Waals surface area contributed by atoms with Crippen LogP contribution in [-0.4, -0.2) is 23.1 Å². The van der Waals surface area contributed by atoms with E-state index in [0.29, 0.717) is 30.8 Å². The first-order valence-corrected chi connectivity index (χ1v) is 14.2. The summed E-state index contributed by atoms with van der Waals surface area (Å²) in [5, 5.41) is 5.83. The molecule has 0 unspecified atom stereocenters. The second kappa shape index (κ2) is 12.0. The molecule has 0 aliphatic rings. The van der Waals surface area contributed by atoms with Gasteiger partial charge in [0.15, 0.2) is 5.75 Å². The number of para-hydroxylation sites is 1. The Hall–Kier alpha value is -3.43. The quantitative estimate of drug-likeness (QED) is 0.0804. The van der Waals surface area contributed by atoms with Crippen LogP contribution in [0.15, 0.2) is 92.9 Å². The summed E-state index contributed by atoms with van der Waals surface area (Å²) in [4.78, 5) is 29.5. The third-order valence-corrected chi connectivity index (χ3v) is 7.81. The minimum Gasteiger partial charge on any atom is -0.421 e. The first-order chi connectivity index (χ1) is 19.2. The fourth-order valence-electron chi connectivity index (χ4n) is 4.25. The Morgan fingerprint density at radius 1 is 0.950 bits per heavy atom. The van der Waals surface area contributed by atoms with E-state index in [1.165, 1.54) is 6.21 Å². The number of aromatic amines is 1. The van der Waals surface area contributed by atoms with Crippen molar-refractivity contribution in [2.75, 3.05) is 0 Å². The van der Waals surface area contributed by atoms with Gasteiger partial charge in [-0.1, -0.05) is 87.7 Å². The molecule has 200 valence electrons. The number of rotatable bonds is 6. The van der Waals surface area contributed by atoms with Crippen LogP contribution in [0.3, 0.4) is 0 Å². The van der Waals surface area contributed by atoms with Crippen molar-refractivity contribution in [3.8, 4) is 16.9 Å². The van der Waals surface area contributed by atoms with Crippen LogP contribution in [0.4, 0.5) is 0 Å². The molecule has 4 aromatic carbocycles. The van der Waals surface area contributed by atoms with Crippen LogP contribution in [0.5, 0.6) is 5.75 Å². The second-order valence-electron chi connectivity index (χ2n) is 8.73. The largest absolute Gasteiger partial charge is 0.421 e. The van der Waals surface area contributed by atoms with Crippen molar-refractivity contribution in [2.45, 2.75) is 6.92 Å². The molecule has 0 fully saturated rings. The molecule has 0 saturated carbocycles. The fourth-order valence-corrected chi connectivity index (χ4v) is 6.04. The molecule has 1 heterocycles. The average Bonchev–Trinajstić information content (AvgIpc) is 3.32. The van der Waals surface area contributed by atoms with Crippen molar-refractivity contribution in [3.05, 3.63) is 120 Å². The van der Waals surface area contributed by atoms with Crippen molar-refractivity contribution in [1.82, 2.24) is 10.4 Å². The molecule has 0 saturated heterocycles. The molecule has 5 rings (SSSR count). The average molecular weight is 700 g/mol. The summed E-state index contributed by atoms with van der Waals surface area (Å²) in [6, 6.07) is 23.2. The molecule has 0 atom stereocenters. The Morgan fingerprint density at radius 3 is 2.42 bits per heavy atom. The number of esters is 1. The van der Waals surface area contributed by atoms with Gasteiger partial charge in [-0.2, -0.15) is 5.10 Å². The summed E-state index contributed by atoms with van der Waals surface area (Å²) in [5.74, 6) is -0.889. The Kier molecular flexibility index (Phi) is 8.42. The van der Waals surface area contributed by atoms with Gasteiger partial charge in [0, 0.05) is 37.1 Å². The Bertz CT molecular complexity index is 1820. The van der Waals surface area contributed by atoms with Gasteiger partial charge >= 0.3 is 5.97 Å². The highest BCUT2D eigenvalue weighted by Gasteiger charge is 2.22. The lowest BCUT2D eigenvalue weighted by atomic mass is 10.0. The monoisotopic (exact) mass is 697 g/mol. The molecule has 2 N–H and O–H groups in total. The summed E-state index contributed by atoms with van der Waals surface area (Å²) in [5.41, 5.74) is 6.76. The molecule has 0 bridgehead atoms. The van der Waals surface area contributed by atoms with Gasteiger partial charge in [-0.25, -0.2) is 10.2 Å². The zero-order valence-electron chi connectivity index (χ0n) is 20.8. The number of hydrogen-bond donors (Lipinski definition) is 2. The number of carbonyl (C=O) groups excluding carboxylic acids is 2. The standard InChI is InChI=1S/C30H19Br2Cl2N3O3/c1-16-7-6-10-21-25(19-8-2-4-11-23(19)33)27(36-26(16)21)29(38)37-35-15-17-13-18(31)14-22(32)28(17)40-30(39)20-9-3-5-12-24(20)34/h2-15,36H,1H3,(H,37,38). The van der Waals surface area contributed by atoms with Crippen molar-refractivity contribution in [2.24, 2.45) is 5.10 Å². The number of hydrogen-bond acceptors (Lipinski definition) is 4. The molecule has 10 heteroatoms. The summed E-state index contributed by atoms with van der Waals surface area (Å²) in [7, 11) is 0. The van der Waals surface area contributed by atoms with E-state index >= 15 is 0 Å². The highest BCUT2D eigenvalue weighted by Crippen LogP contribution is 2.38. The molecule has 0 aliphatic carbocycles. The Labute approximate surface area is 256 Å². The van der Waals surface area contributed by atoms with Gasteiger partial charge in [-0.15, -0.1) is 0 Å². The number of aromatic nitrogens is 1. The number of aryl methyl sites for hydroxylation is 1. The van der Waals surface area contributed by atoms with E-state index < -0.39 is 11.9 Å². The van der Waals surface area contributed by atoms with Crippen LogP contribution in [0.2, 0.25) is 10.0 Å². The van der Waals surface area contributed by atoms with Crippen LogP contribution >= 0.6 is 55.1 Å². The third-order valence-electron chi connectivity index (χ3n) is 6.11. The van der Waals surface area contributed by atoms with Gasteiger partial charge in [0.25, 0.3) is 5.91 Å². The number of nitrogens with one attached hydrogen (secondary N) is 2. The van der Waals surface area contributed by atoms with E-state index in [1.807, 2.05) is 43.3 Å². The van der Waals surface area contributed by atoms with Gasteiger partial charge in [0.1, 0.15) is 5.69 Å². The number of halogens is 4. The van der Waals surface area contributed by atoms with Crippen molar-refractivity contribution in [3.63, 3.8) is 0 Å². The number of benzene rings is 4. The van der Waals surface area contributed by atoms with E-state index in [0.717, 1.165) is 22.0 Å². The van der Waals surface area contributed by atoms with Crippen LogP contribution in [0.25, 0.3) is 22.0 Å². The zero-order chi connectivity index (χ0) is 28.4. The maximum atomic E-state index is 13.4. The lowest BCUT2D eigenvalue weighted by Gasteiger charge is -2.11. The smallest absolute Gasteiger partial charge is 0.345 e. The highest BCUT2D eigenvalue weighted by molar-refractivity contribution is 9.11. The topological polar surface area (TPSA) is 83.5 Å². The van der Waals surface area contributed by atoms with Crippen LogP contribution in [0, 0.1) is 6.92 Å². The normalized spacial score (nSPS) is 11.2. The van der Waals surface area contributed by atoms with Crippen LogP contribution in [-0.2, 0) is 0 Å². The fraction of sp³-hybridized carbons (Fsp3) is 0.0333. The van der Waals surface area contributed by atoms with Crippen molar-refractivity contribution < 1.29 is 14.3 Å². The molecule has 0 radical (unpaired) electrons. The molecule has 5 aromatic rings. The molecular formula is C30H19Br2Cl2N3O3. The van der Waals surface area contributed by atoms with Gasteiger partial charge in [0.2, 0.25) is 0 Å². The second-order valence-corrected chi connectivity index (χ2v) is 11.3. The summed E-state index contributed by atoms with van der Waals surface area (Å²) in [6.07, 6.45) is 1.39. The van der Waals surface area contributed by atoms with E-state index in [2.05, 4.69) is 47.4 Å². The number of H-pyrrole nitrogens is 1. The van der Waals surface area contributed by atoms with Gasteiger partial charge in [-0.3, -0.25) is 4.79 Å². The lowest BCUT2D eigenvalue weighted by Crippen LogP contribution is -2.19. The molecule has 0 aliphatic heterocycles. The van der Waals surface area contributed by atoms with Gasteiger partial charge in [-0.05, 0) is 58.7 Å². The molecule has 1 aromatic heterocycles. The number of hydrazone groups is 1. The van der Waals surface area contributed by atoms with Crippen molar-refractivity contribution >= 4 is 84.1 Å². The van der Waals surface area contributed by atoms with E-state index in [4.69, 9.17) is 27.9 Å². The van der Waals surface area contributed by atoms with Gasteiger partial charge in [0.05, 0.1) is 21.3 Å². The summed E-state index contributed by atoms with van der Waals surface area (Å²) < 4.78 is 6.88. The van der Waals surface area contributed by atoms with Crippen LogP contribution in [0.1, 0.15) is 32.0 Å². The first-order valence-electron chi connectivity index (χ1n) is 11.9. The minimum atomic E-state index is -0.634. The predicted molar refractivity (Wildman–Crippen MR) is 167 cm³/mol. The first kappa shape index (κ1) is 28.1. The SMILES string of the molecule is Cc1cccc2c(-c3ccccc3Cl)c(C(=O)NN=Cc3cc(Br)cc(Br)c3OC(=O)c3ccccc3Cl)[nH]c12. The number of nitrogens with zero attached hydrogens (tertiary/aromatic N) is 1. The lowest BCUT2D eigenvalue weighted by molar-refractivity contribution is 0.0733. The number of ether oxygens (including phenoxy) is 1. The maximum absolute atomic E-state index is 13.4. The highest BCUT2D eigenvalue weighted by atomic mass is 79.9. The van der Waals surface area contributed by atoms with Crippen LogP contribution < -0.4 is 10.2 Å². The summed E-state index contributed by atoms with van der Waals surface area (Å²) >= 11 is 19.6. The molecular weight excluding hydrogens is 681 g/mol. The van der Waals surface area contributed by atoms with E-state index in [9.17, 15) is 9.59 Å². The number of fused-ring (bicyclic) bond motifs is 1. The van der Waals surface area contributed by atoms with Gasteiger partial charge < -0.3 is 9.72 Å². The Balaban J connectivity index is 1.47. The minimum absolute atomic E-state index is 0.212. The third kappa shape index (κ3) is 5.71. The predicted octanol–water partition coefficient (Wildman–Crippen LogP) is 8.96. The molecule has 0 spiro atoms. The number of amides is 1. The zero-order valence-corrected chi connectivity index (χ0v) is 25.5. The molecule has 1 amide bonds. The maximum Gasteiger partial charge on any atom is 0.345 e.